The zero-order valence-electron chi connectivity index (χ0n) is 17.4. The fraction of sp³-hybridized carbons (Fsp3) is 0.227. The van der Waals surface area contributed by atoms with Gasteiger partial charge in [0, 0.05) is 24.0 Å². The fourth-order valence-electron chi connectivity index (χ4n) is 3.18. The number of aromatic nitrogens is 1. The zero-order valence-corrected chi connectivity index (χ0v) is 19.0. The fourth-order valence-corrected chi connectivity index (χ4v) is 4.91. The maximum Gasteiger partial charge on any atom is 0.262 e. The number of hydrogen-bond donors (Lipinski definition) is 2. The standard InChI is InChI=1S/C22H22N4O4S2/c1-15-24-17(14-31-15)13-30-20-9-3-2-8-19(20)22(27)25-16-6-4-7-18(12-16)32(28,29)26-21-10-5-11-23-21/h2-4,6-9,12,14H,5,10-11,13H2,1H3,(H,23,26)(H,25,27). The molecule has 2 N–H and O–H groups in total. The number of nitrogens with zero attached hydrogens (tertiary/aromatic N) is 2. The molecule has 2 heterocycles. The highest BCUT2D eigenvalue weighted by molar-refractivity contribution is 7.90. The van der Waals surface area contributed by atoms with Gasteiger partial charge in [0.1, 0.15) is 18.2 Å². The van der Waals surface area contributed by atoms with Gasteiger partial charge in [-0.15, -0.1) is 11.3 Å². The minimum absolute atomic E-state index is 0.0494. The lowest BCUT2D eigenvalue weighted by molar-refractivity contribution is 0.102. The predicted octanol–water partition coefficient (Wildman–Crippen LogP) is 3.75. The summed E-state index contributed by atoms with van der Waals surface area (Å²) in [6, 6.07) is 13.0. The van der Waals surface area contributed by atoms with E-state index in [-0.39, 0.29) is 11.5 Å². The van der Waals surface area contributed by atoms with E-state index in [1.807, 2.05) is 12.3 Å². The second-order valence-electron chi connectivity index (χ2n) is 7.16. The number of rotatable bonds is 7. The molecule has 0 unspecified atom stereocenters. The van der Waals surface area contributed by atoms with Crippen molar-refractivity contribution in [2.75, 3.05) is 11.9 Å². The van der Waals surface area contributed by atoms with Gasteiger partial charge in [-0.1, -0.05) is 18.2 Å². The first-order valence-corrected chi connectivity index (χ1v) is 12.4. The molecule has 0 saturated carbocycles. The topological polar surface area (TPSA) is 110 Å². The van der Waals surface area contributed by atoms with Crippen LogP contribution in [0.2, 0.25) is 0 Å². The van der Waals surface area contributed by atoms with Crippen molar-refractivity contribution in [1.29, 1.82) is 0 Å². The van der Waals surface area contributed by atoms with E-state index >= 15 is 0 Å². The number of anilines is 1. The van der Waals surface area contributed by atoms with Crippen LogP contribution in [-0.2, 0) is 16.6 Å². The van der Waals surface area contributed by atoms with E-state index in [4.69, 9.17) is 4.74 Å². The number of thiazole rings is 1. The summed E-state index contributed by atoms with van der Waals surface area (Å²) in [5.74, 6) is 0.471. The second kappa shape index (κ2) is 9.49. The van der Waals surface area contributed by atoms with Gasteiger partial charge in [-0.25, -0.2) is 13.4 Å². The van der Waals surface area contributed by atoms with E-state index in [1.165, 1.54) is 23.5 Å². The molecular weight excluding hydrogens is 448 g/mol. The van der Waals surface area contributed by atoms with Crippen LogP contribution in [0.25, 0.3) is 0 Å². The Kier molecular flexibility index (Phi) is 6.52. The van der Waals surface area contributed by atoms with E-state index in [0.29, 0.717) is 35.8 Å². The smallest absolute Gasteiger partial charge is 0.262 e. The van der Waals surface area contributed by atoms with Crippen LogP contribution < -0.4 is 14.8 Å². The third-order valence-corrected chi connectivity index (χ3v) is 6.90. The van der Waals surface area contributed by atoms with Crippen molar-refractivity contribution in [3.8, 4) is 5.75 Å². The summed E-state index contributed by atoms with van der Waals surface area (Å²) in [7, 11) is -3.77. The summed E-state index contributed by atoms with van der Waals surface area (Å²) < 4.78 is 33.6. The Morgan fingerprint density at radius 3 is 2.78 bits per heavy atom. The number of benzene rings is 2. The lowest BCUT2D eigenvalue weighted by Crippen LogP contribution is -2.29. The van der Waals surface area contributed by atoms with E-state index < -0.39 is 15.9 Å². The van der Waals surface area contributed by atoms with E-state index in [2.05, 4.69) is 20.0 Å². The van der Waals surface area contributed by atoms with Gasteiger partial charge >= 0.3 is 0 Å². The number of carbonyl (C=O) groups is 1. The number of aryl methyl sites for hydroxylation is 1. The van der Waals surface area contributed by atoms with Crippen molar-refractivity contribution in [2.24, 2.45) is 4.99 Å². The van der Waals surface area contributed by atoms with Crippen molar-refractivity contribution in [3.63, 3.8) is 0 Å². The molecule has 2 aromatic carbocycles. The first-order chi connectivity index (χ1) is 15.4. The third-order valence-electron chi connectivity index (χ3n) is 4.70. The second-order valence-corrected chi connectivity index (χ2v) is 9.91. The highest BCUT2D eigenvalue weighted by Gasteiger charge is 2.19. The minimum atomic E-state index is -3.77. The average Bonchev–Trinajstić information content (AvgIpc) is 3.44. The summed E-state index contributed by atoms with van der Waals surface area (Å²) in [4.78, 5) is 21.5. The molecule has 0 spiro atoms. The molecule has 1 aromatic heterocycles. The highest BCUT2D eigenvalue weighted by Crippen LogP contribution is 2.23. The number of sulfonamides is 1. The first kappa shape index (κ1) is 22.0. The molecule has 4 rings (SSSR count). The number of aliphatic imine (C=N–C) groups is 1. The van der Waals surface area contributed by atoms with Crippen molar-refractivity contribution in [3.05, 3.63) is 70.2 Å². The summed E-state index contributed by atoms with van der Waals surface area (Å²) in [6.07, 6.45) is 1.43. The number of hydrogen-bond acceptors (Lipinski definition) is 7. The molecule has 0 radical (unpaired) electrons. The average molecular weight is 471 g/mol. The molecule has 3 aromatic rings. The molecule has 32 heavy (non-hydrogen) atoms. The van der Waals surface area contributed by atoms with Gasteiger partial charge in [0.25, 0.3) is 15.9 Å². The van der Waals surface area contributed by atoms with Gasteiger partial charge in [0.15, 0.2) is 0 Å². The molecule has 0 saturated heterocycles. The van der Waals surface area contributed by atoms with Crippen molar-refractivity contribution >= 4 is 38.8 Å². The van der Waals surface area contributed by atoms with Crippen LogP contribution >= 0.6 is 11.3 Å². The number of nitrogens with one attached hydrogen (secondary N) is 2. The molecular formula is C22H22N4O4S2. The molecule has 1 amide bonds. The number of para-hydroxylation sites is 1. The molecule has 0 atom stereocenters. The summed E-state index contributed by atoms with van der Waals surface area (Å²) in [5.41, 5.74) is 1.49. The molecule has 166 valence electrons. The van der Waals surface area contributed by atoms with Gasteiger partial charge in [-0.2, -0.15) is 0 Å². The van der Waals surface area contributed by atoms with Gasteiger partial charge in [-0.3, -0.25) is 14.5 Å². The highest BCUT2D eigenvalue weighted by atomic mass is 32.2. The molecule has 0 fully saturated rings. The van der Waals surface area contributed by atoms with Crippen molar-refractivity contribution in [1.82, 2.24) is 9.71 Å². The van der Waals surface area contributed by atoms with Crippen LogP contribution in [0, 0.1) is 6.92 Å². The van der Waals surface area contributed by atoms with Crippen LogP contribution in [0.15, 0.2) is 63.8 Å². The number of amidine groups is 1. The maximum absolute atomic E-state index is 12.9. The molecule has 8 nitrogen and oxygen atoms in total. The van der Waals surface area contributed by atoms with Crippen LogP contribution in [-0.4, -0.2) is 31.7 Å². The van der Waals surface area contributed by atoms with Crippen LogP contribution in [0.5, 0.6) is 5.75 Å². The molecule has 1 aliphatic rings. The maximum atomic E-state index is 12.9. The predicted molar refractivity (Wildman–Crippen MR) is 124 cm³/mol. The van der Waals surface area contributed by atoms with Crippen LogP contribution in [0.4, 0.5) is 5.69 Å². The number of amides is 1. The third kappa shape index (κ3) is 5.32. The Morgan fingerprint density at radius 2 is 2.03 bits per heavy atom. The van der Waals surface area contributed by atoms with Gasteiger partial charge in [0.2, 0.25) is 0 Å². The quantitative estimate of drug-likeness (QED) is 0.546. The Morgan fingerprint density at radius 1 is 1.19 bits per heavy atom. The Balaban J connectivity index is 1.48. The summed E-state index contributed by atoms with van der Waals surface area (Å²) in [5, 5.41) is 5.61. The molecule has 10 heteroatoms. The van der Waals surface area contributed by atoms with Gasteiger partial charge < -0.3 is 10.1 Å². The minimum Gasteiger partial charge on any atom is -0.486 e. The van der Waals surface area contributed by atoms with Crippen molar-refractivity contribution < 1.29 is 17.9 Å². The van der Waals surface area contributed by atoms with E-state index in [9.17, 15) is 13.2 Å². The van der Waals surface area contributed by atoms with Gasteiger partial charge in [0.05, 0.1) is 21.2 Å². The van der Waals surface area contributed by atoms with Crippen LogP contribution in [0.1, 0.15) is 33.9 Å². The summed E-state index contributed by atoms with van der Waals surface area (Å²) in [6.45, 7) is 2.79. The summed E-state index contributed by atoms with van der Waals surface area (Å²) >= 11 is 1.53. The molecule has 0 aliphatic carbocycles. The molecule has 0 bridgehead atoms. The van der Waals surface area contributed by atoms with Crippen molar-refractivity contribution in [2.45, 2.75) is 31.3 Å². The van der Waals surface area contributed by atoms with E-state index in [0.717, 1.165) is 17.1 Å². The largest absolute Gasteiger partial charge is 0.486 e. The Bertz CT molecular complexity index is 1270. The van der Waals surface area contributed by atoms with Crippen LogP contribution in [0.3, 0.4) is 0 Å². The van der Waals surface area contributed by atoms with E-state index in [1.54, 1.807) is 36.4 Å². The lowest BCUT2D eigenvalue weighted by atomic mass is 10.2. The SMILES string of the molecule is Cc1nc(COc2ccccc2C(=O)Nc2cccc(S(=O)(=O)NC3=NCCC3)c2)cs1. The Labute approximate surface area is 190 Å². The number of ether oxygens (including phenoxy) is 1. The van der Waals surface area contributed by atoms with Gasteiger partial charge in [-0.05, 0) is 43.7 Å². The first-order valence-electron chi connectivity index (χ1n) is 10.0. The number of carbonyl (C=O) groups excluding carboxylic acids is 1. The molecule has 1 aliphatic heterocycles. The normalized spacial score (nSPS) is 13.5. The zero-order chi connectivity index (χ0) is 22.6. The Hall–Kier alpha value is -3.24. The monoisotopic (exact) mass is 470 g/mol. The lowest BCUT2D eigenvalue weighted by Gasteiger charge is -2.12.